The lowest BCUT2D eigenvalue weighted by Gasteiger charge is -2.22. The molecule has 23 heavy (non-hydrogen) atoms. The predicted octanol–water partition coefficient (Wildman–Crippen LogP) is 2.57. The van der Waals surface area contributed by atoms with Crippen LogP contribution in [0.5, 0.6) is 0 Å². The smallest absolute Gasteiger partial charge is 0.318 e. The fraction of sp³-hybridized carbons (Fsp3) is 0.294. The van der Waals surface area contributed by atoms with Crippen molar-refractivity contribution in [3.05, 3.63) is 57.8 Å². The molecule has 0 aliphatic rings. The number of nitrogens with two attached hydrogens (primary N) is 1. The zero-order valence-corrected chi connectivity index (χ0v) is 14.0. The lowest BCUT2D eigenvalue weighted by molar-refractivity contribution is -0.121. The number of carbonyl (C=O) groups is 2. The zero-order chi connectivity index (χ0) is 16.8. The number of imide groups is 1. The van der Waals surface area contributed by atoms with E-state index in [9.17, 15) is 9.59 Å². The summed E-state index contributed by atoms with van der Waals surface area (Å²) < 4.78 is 0. The molecule has 0 bridgehead atoms. The molecule has 0 spiro atoms. The normalized spacial score (nSPS) is 13.3. The van der Waals surface area contributed by atoms with E-state index in [0.29, 0.717) is 0 Å². The summed E-state index contributed by atoms with van der Waals surface area (Å²) >= 11 is 1.62. The molecule has 1 aromatic heterocycles. The maximum atomic E-state index is 11.9. The molecule has 4 N–H and O–H groups in total. The number of hydrogen-bond donors (Lipinski definition) is 3. The number of hydrogen-bond acceptors (Lipinski definition) is 4. The molecule has 1 aromatic carbocycles. The fourth-order valence-corrected chi connectivity index (χ4v) is 3.11. The average molecular weight is 331 g/mol. The van der Waals surface area contributed by atoms with E-state index in [1.54, 1.807) is 18.3 Å². The van der Waals surface area contributed by atoms with Crippen molar-refractivity contribution >= 4 is 23.3 Å². The summed E-state index contributed by atoms with van der Waals surface area (Å²) in [6, 6.07) is 10.8. The minimum atomic E-state index is -0.844. The SMILES string of the molecule is CCc1ccc([C@H](N[C@H](C)C(=O)NC(N)=O)c2cccs2)cc1. The van der Waals surface area contributed by atoms with Crippen molar-refractivity contribution in [2.45, 2.75) is 32.4 Å². The van der Waals surface area contributed by atoms with Crippen molar-refractivity contribution in [3.8, 4) is 0 Å². The van der Waals surface area contributed by atoms with Crippen molar-refractivity contribution in [1.29, 1.82) is 0 Å². The van der Waals surface area contributed by atoms with Crippen molar-refractivity contribution in [2.24, 2.45) is 5.73 Å². The van der Waals surface area contributed by atoms with E-state index in [-0.39, 0.29) is 6.04 Å². The first kappa shape index (κ1) is 17.2. The Labute approximate surface area is 139 Å². The number of nitrogens with one attached hydrogen (secondary N) is 2. The van der Waals surface area contributed by atoms with Crippen LogP contribution in [0.15, 0.2) is 41.8 Å². The molecule has 0 aliphatic carbocycles. The van der Waals surface area contributed by atoms with Crippen LogP contribution in [-0.4, -0.2) is 18.0 Å². The summed E-state index contributed by atoms with van der Waals surface area (Å²) in [7, 11) is 0. The standard InChI is InChI=1S/C17H21N3O2S/c1-3-12-6-8-13(9-7-12)15(14-5-4-10-23-14)19-11(2)16(21)20-17(18)22/h4-11,15,19H,3H2,1-2H3,(H3,18,20,21,22)/t11-,15+/m1/s1. The van der Waals surface area contributed by atoms with Crippen LogP contribution in [0.3, 0.4) is 0 Å². The Balaban J connectivity index is 2.21. The number of aryl methyl sites for hydroxylation is 1. The van der Waals surface area contributed by atoms with Crippen molar-refractivity contribution in [2.75, 3.05) is 0 Å². The van der Waals surface area contributed by atoms with E-state index in [4.69, 9.17) is 5.73 Å². The van der Waals surface area contributed by atoms with E-state index >= 15 is 0 Å². The number of thiophene rings is 1. The molecule has 6 heteroatoms. The summed E-state index contributed by atoms with van der Waals surface area (Å²) in [6.45, 7) is 3.82. The van der Waals surface area contributed by atoms with Gasteiger partial charge in [0.2, 0.25) is 5.91 Å². The van der Waals surface area contributed by atoms with Gasteiger partial charge in [-0.2, -0.15) is 0 Å². The van der Waals surface area contributed by atoms with Crippen LogP contribution < -0.4 is 16.4 Å². The van der Waals surface area contributed by atoms with E-state index in [1.165, 1.54) is 5.56 Å². The van der Waals surface area contributed by atoms with Gasteiger partial charge in [0, 0.05) is 4.88 Å². The number of rotatable bonds is 6. The van der Waals surface area contributed by atoms with Crippen LogP contribution in [0.4, 0.5) is 4.79 Å². The van der Waals surface area contributed by atoms with Gasteiger partial charge in [-0.3, -0.25) is 15.4 Å². The van der Waals surface area contributed by atoms with E-state index in [1.807, 2.05) is 17.5 Å². The van der Waals surface area contributed by atoms with Gasteiger partial charge in [0.25, 0.3) is 0 Å². The minimum absolute atomic E-state index is 0.116. The highest BCUT2D eigenvalue weighted by Gasteiger charge is 2.22. The van der Waals surface area contributed by atoms with Crippen molar-refractivity contribution < 1.29 is 9.59 Å². The van der Waals surface area contributed by atoms with Crippen LogP contribution in [0.25, 0.3) is 0 Å². The molecule has 0 fully saturated rings. The number of carbonyl (C=O) groups excluding carboxylic acids is 2. The zero-order valence-electron chi connectivity index (χ0n) is 13.2. The number of urea groups is 1. The third-order valence-electron chi connectivity index (χ3n) is 3.61. The molecule has 2 rings (SSSR count). The predicted molar refractivity (Wildman–Crippen MR) is 92.3 cm³/mol. The van der Waals surface area contributed by atoms with Gasteiger partial charge in [-0.25, -0.2) is 4.79 Å². The molecule has 0 saturated heterocycles. The Morgan fingerprint density at radius 3 is 2.43 bits per heavy atom. The molecular formula is C17H21N3O2S. The van der Waals surface area contributed by atoms with Gasteiger partial charge in [0.05, 0.1) is 12.1 Å². The summed E-state index contributed by atoms with van der Waals surface area (Å²) in [5, 5.41) is 7.37. The van der Waals surface area contributed by atoms with Crippen LogP contribution in [0.2, 0.25) is 0 Å². The highest BCUT2D eigenvalue weighted by molar-refractivity contribution is 7.10. The van der Waals surface area contributed by atoms with Gasteiger partial charge in [-0.1, -0.05) is 37.3 Å². The van der Waals surface area contributed by atoms with Gasteiger partial charge in [0.15, 0.2) is 0 Å². The van der Waals surface area contributed by atoms with Crippen molar-refractivity contribution in [1.82, 2.24) is 10.6 Å². The molecule has 0 aliphatic heterocycles. The van der Waals surface area contributed by atoms with Crippen LogP contribution >= 0.6 is 11.3 Å². The van der Waals surface area contributed by atoms with Gasteiger partial charge >= 0.3 is 6.03 Å². The highest BCUT2D eigenvalue weighted by atomic mass is 32.1. The average Bonchev–Trinajstić information content (AvgIpc) is 3.06. The van der Waals surface area contributed by atoms with Crippen LogP contribution in [0.1, 0.15) is 35.9 Å². The molecular weight excluding hydrogens is 310 g/mol. The molecule has 1 heterocycles. The Bertz CT molecular complexity index is 653. The highest BCUT2D eigenvalue weighted by Crippen LogP contribution is 2.27. The lowest BCUT2D eigenvalue weighted by Crippen LogP contribution is -2.47. The number of primary amides is 1. The Hall–Kier alpha value is -2.18. The summed E-state index contributed by atoms with van der Waals surface area (Å²) in [5.41, 5.74) is 7.34. The Kier molecular flexibility index (Phi) is 5.90. The Morgan fingerprint density at radius 1 is 1.22 bits per heavy atom. The molecule has 3 amide bonds. The molecule has 5 nitrogen and oxygen atoms in total. The van der Waals surface area contributed by atoms with Crippen LogP contribution in [0, 0.1) is 0 Å². The fourth-order valence-electron chi connectivity index (χ4n) is 2.30. The number of amides is 3. The third kappa shape index (κ3) is 4.64. The van der Waals surface area contributed by atoms with E-state index < -0.39 is 18.0 Å². The van der Waals surface area contributed by atoms with Gasteiger partial charge in [-0.15, -0.1) is 11.3 Å². The molecule has 122 valence electrons. The Morgan fingerprint density at radius 2 is 1.91 bits per heavy atom. The second kappa shape index (κ2) is 7.89. The maximum absolute atomic E-state index is 11.9. The molecule has 2 aromatic rings. The lowest BCUT2D eigenvalue weighted by atomic mass is 10.0. The van der Waals surface area contributed by atoms with E-state index in [2.05, 4.69) is 41.8 Å². The first-order valence-corrected chi connectivity index (χ1v) is 8.37. The minimum Gasteiger partial charge on any atom is -0.351 e. The van der Waals surface area contributed by atoms with Gasteiger partial charge in [-0.05, 0) is 35.9 Å². The topological polar surface area (TPSA) is 84.2 Å². The molecule has 0 radical (unpaired) electrons. The maximum Gasteiger partial charge on any atom is 0.318 e. The second-order valence-electron chi connectivity index (χ2n) is 5.29. The molecule has 0 saturated carbocycles. The largest absolute Gasteiger partial charge is 0.351 e. The molecule has 2 atom stereocenters. The monoisotopic (exact) mass is 331 g/mol. The first-order chi connectivity index (χ1) is 11.0. The summed E-state index contributed by atoms with van der Waals surface area (Å²) in [5.74, 6) is -0.441. The first-order valence-electron chi connectivity index (χ1n) is 7.49. The van der Waals surface area contributed by atoms with E-state index in [0.717, 1.165) is 16.9 Å². The molecule has 0 unspecified atom stereocenters. The second-order valence-corrected chi connectivity index (χ2v) is 6.26. The van der Waals surface area contributed by atoms with Crippen LogP contribution in [-0.2, 0) is 11.2 Å². The third-order valence-corrected chi connectivity index (χ3v) is 4.54. The number of benzene rings is 1. The quantitative estimate of drug-likeness (QED) is 0.760. The summed E-state index contributed by atoms with van der Waals surface area (Å²) in [6.07, 6.45) is 0.981. The van der Waals surface area contributed by atoms with Gasteiger partial charge < -0.3 is 5.73 Å². The van der Waals surface area contributed by atoms with Crippen molar-refractivity contribution in [3.63, 3.8) is 0 Å². The van der Waals surface area contributed by atoms with Gasteiger partial charge in [0.1, 0.15) is 0 Å². The summed E-state index contributed by atoms with van der Waals surface area (Å²) in [4.78, 5) is 23.9.